The van der Waals surface area contributed by atoms with E-state index < -0.39 is 0 Å². The molecule has 0 bridgehead atoms. The predicted octanol–water partition coefficient (Wildman–Crippen LogP) is 2.96. The van der Waals surface area contributed by atoms with Crippen LogP contribution in [-0.2, 0) is 6.42 Å². The second kappa shape index (κ2) is 4.38. The minimum Gasteiger partial charge on any atom is -0.497 e. The Morgan fingerprint density at radius 2 is 2.25 bits per heavy atom. The van der Waals surface area contributed by atoms with Gasteiger partial charge in [-0.05, 0) is 24.3 Å². The summed E-state index contributed by atoms with van der Waals surface area (Å²) < 4.78 is 5.13. The lowest BCUT2D eigenvalue weighted by Gasteiger charge is -2.04. The molecule has 16 heavy (non-hydrogen) atoms. The summed E-state index contributed by atoms with van der Waals surface area (Å²) in [6.45, 7) is 0. The second-order valence-electron chi connectivity index (χ2n) is 3.33. The van der Waals surface area contributed by atoms with Gasteiger partial charge in [0.15, 0.2) is 0 Å². The summed E-state index contributed by atoms with van der Waals surface area (Å²) in [5, 5.41) is 9.97. The number of rotatable bonds is 2. The Kier molecular flexibility index (Phi) is 2.93. The zero-order valence-corrected chi connectivity index (χ0v) is 9.45. The molecule has 2 aromatic rings. The topological polar surface area (TPSA) is 45.9 Å². The van der Waals surface area contributed by atoms with Gasteiger partial charge in [0, 0.05) is 10.9 Å². The third-order valence-electron chi connectivity index (χ3n) is 2.32. The highest BCUT2D eigenvalue weighted by molar-refractivity contribution is 6.30. The molecule has 2 rings (SSSR count). The molecular weight excluding hydrogens is 224 g/mol. The molecule has 0 spiro atoms. The summed E-state index contributed by atoms with van der Waals surface area (Å²) in [5.74, 6) is 0.763. The van der Waals surface area contributed by atoms with Gasteiger partial charge in [-0.3, -0.25) is 0 Å². The van der Waals surface area contributed by atoms with Crippen LogP contribution in [-0.4, -0.2) is 12.1 Å². The van der Waals surface area contributed by atoms with E-state index in [-0.39, 0.29) is 6.42 Å². The summed E-state index contributed by atoms with van der Waals surface area (Å²) in [6, 6.07) is 9.48. The molecule has 0 radical (unpaired) electrons. The van der Waals surface area contributed by atoms with Crippen LogP contribution in [0.1, 0.15) is 5.56 Å². The average Bonchev–Trinajstić information content (AvgIpc) is 2.30. The van der Waals surface area contributed by atoms with Crippen molar-refractivity contribution in [3.8, 4) is 11.8 Å². The molecule has 0 saturated heterocycles. The number of ether oxygens (including phenoxy) is 1. The van der Waals surface area contributed by atoms with Crippen LogP contribution in [0.4, 0.5) is 0 Å². The van der Waals surface area contributed by atoms with Crippen LogP contribution in [0.15, 0.2) is 24.3 Å². The lowest BCUT2D eigenvalue weighted by atomic mass is 10.1. The third kappa shape index (κ3) is 1.93. The van der Waals surface area contributed by atoms with Crippen LogP contribution in [0, 0.1) is 11.3 Å². The Labute approximate surface area is 98.2 Å². The van der Waals surface area contributed by atoms with Gasteiger partial charge < -0.3 is 4.74 Å². The summed E-state index contributed by atoms with van der Waals surface area (Å²) >= 11 is 5.96. The molecule has 0 aliphatic carbocycles. The van der Waals surface area contributed by atoms with Crippen molar-refractivity contribution in [2.45, 2.75) is 6.42 Å². The van der Waals surface area contributed by atoms with Crippen molar-refractivity contribution in [2.24, 2.45) is 0 Å². The van der Waals surface area contributed by atoms with Crippen molar-refractivity contribution in [3.05, 3.63) is 35.0 Å². The first kappa shape index (κ1) is 10.7. The molecule has 1 heterocycles. The number of pyridine rings is 1. The monoisotopic (exact) mass is 232 g/mol. The smallest absolute Gasteiger partial charge is 0.134 e. The maximum absolute atomic E-state index is 8.66. The molecular formula is C12H9ClN2O. The highest BCUT2D eigenvalue weighted by Crippen LogP contribution is 2.24. The van der Waals surface area contributed by atoms with Crippen LogP contribution >= 0.6 is 11.6 Å². The second-order valence-corrected chi connectivity index (χ2v) is 3.69. The average molecular weight is 233 g/mol. The molecule has 0 unspecified atom stereocenters. The van der Waals surface area contributed by atoms with Gasteiger partial charge in [-0.25, -0.2) is 4.98 Å². The molecule has 0 atom stereocenters. The third-order valence-corrected chi connectivity index (χ3v) is 2.64. The molecule has 0 aliphatic rings. The maximum Gasteiger partial charge on any atom is 0.134 e. The Balaban J connectivity index is 2.62. The SMILES string of the molecule is COc1ccc2nc(Cl)c(CC#N)cc2c1. The summed E-state index contributed by atoms with van der Waals surface area (Å²) in [4.78, 5) is 4.23. The summed E-state index contributed by atoms with van der Waals surface area (Å²) in [5.41, 5.74) is 1.54. The van der Waals surface area contributed by atoms with Crippen LogP contribution in [0.3, 0.4) is 0 Å². The van der Waals surface area contributed by atoms with E-state index in [4.69, 9.17) is 21.6 Å². The van der Waals surface area contributed by atoms with E-state index in [0.29, 0.717) is 5.15 Å². The van der Waals surface area contributed by atoms with Gasteiger partial charge in [-0.15, -0.1) is 0 Å². The molecule has 0 amide bonds. The molecule has 1 aromatic heterocycles. The first-order valence-corrected chi connectivity index (χ1v) is 5.12. The Morgan fingerprint density at radius 1 is 1.44 bits per heavy atom. The molecule has 0 N–H and O–H groups in total. The van der Waals surface area contributed by atoms with E-state index in [1.807, 2.05) is 24.3 Å². The Hall–Kier alpha value is -1.79. The van der Waals surface area contributed by atoms with Crippen LogP contribution in [0.2, 0.25) is 5.15 Å². The van der Waals surface area contributed by atoms with Gasteiger partial charge in [-0.1, -0.05) is 11.6 Å². The van der Waals surface area contributed by atoms with Crippen LogP contribution in [0.25, 0.3) is 10.9 Å². The normalized spacial score (nSPS) is 10.1. The van der Waals surface area contributed by atoms with Crippen molar-refractivity contribution < 1.29 is 4.74 Å². The highest BCUT2D eigenvalue weighted by Gasteiger charge is 2.05. The first-order valence-electron chi connectivity index (χ1n) is 4.74. The quantitative estimate of drug-likeness (QED) is 0.748. The van der Waals surface area contributed by atoms with Crippen molar-refractivity contribution in [1.82, 2.24) is 4.98 Å². The predicted molar refractivity (Wildman–Crippen MR) is 62.6 cm³/mol. The van der Waals surface area contributed by atoms with E-state index in [1.165, 1.54) is 0 Å². The van der Waals surface area contributed by atoms with Crippen molar-refractivity contribution in [1.29, 1.82) is 5.26 Å². The summed E-state index contributed by atoms with van der Waals surface area (Å²) in [7, 11) is 1.61. The fourth-order valence-electron chi connectivity index (χ4n) is 1.51. The highest BCUT2D eigenvalue weighted by atomic mass is 35.5. The number of benzene rings is 1. The minimum absolute atomic E-state index is 0.263. The number of halogens is 1. The number of hydrogen-bond acceptors (Lipinski definition) is 3. The minimum atomic E-state index is 0.263. The zero-order chi connectivity index (χ0) is 11.5. The van der Waals surface area contributed by atoms with Gasteiger partial charge in [0.2, 0.25) is 0 Å². The van der Waals surface area contributed by atoms with E-state index >= 15 is 0 Å². The largest absolute Gasteiger partial charge is 0.497 e. The molecule has 0 aliphatic heterocycles. The molecule has 1 aromatic carbocycles. The van der Waals surface area contributed by atoms with E-state index in [2.05, 4.69) is 11.1 Å². The Bertz CT molecular complexity index is 575. The first-order chi connectivity index (χ1) is 7.74. The summed E-state index contributed by atoms with van der Waals surface area (Å²) in [6.07, 6.45) is 0.263. The number of hydrogen-bond donors (Lipinski definition) is 0. The molecule has 3 nitrogen and oxygen atoms in total. The van der Waals surface area contributed by atoms with Crippen molar-refractivity contribution >= 4 is 22.5 Å². The molecule has 80 valence electrons. The number of aromatic nitrogens is 1. The van der Waals surface area contributed by atoms with Gasteiger partial charge in [-0.2, -0.15) is 5.26 Å². The van der Waals surface area contributed by atoms with Gasteiger partial charge in [0.25, 0.3) is 0 Å². The van der Waals surface area contributed by atoms with Crippen molar-refractivity contribution in [2.75, 3.05) is 7.11 Å². The van der Waals surface area contributed by atoms with Crippen LogP contribution < -0.4 is 4.74 Å². The molecule has 0 fully saturated rings. The van der Waals surface area contributed by atoms with Crippen LogP contribution in [0.5, 0.6) is 5.75 Å². The van der Waals surface area contributed by atoms with E-state index in [1.54, 1.807) is 7.11 Å². The fourth-order valence-corrected chi connectivity index (χ4v) is 1.72. The lowest BCUT2D eigenvalue weighted by molar-refractivity contribution is 0.415. The Morgan fingerprint density at radius 3 is 2.94 bits per heavy atom. The number of nitrogens with zero attached hydrogens (tertiary/aromatic N) is 2. The van der Waals surface area contributed by atoms with E-state index in [0.717, 1.165) is 22.2 Å². The molecule has 0 saturated carbocycles. The number of fused-ring (bicyclic) bond motifs is 1. The number of methoxy groups -OCH3 is 1. The number of nitriles is 1. The van der Waals surface area contributed by atoms with Gasteiger partial charge in [0.05, 0.1) is 25.1 Å². The lowest BCUT2D eigenvalue weighted by Crippen LogP contribution is -1.90. The van der Waals surface area contributed by atoms with Gasteiger partial charge in [0.1, 0.15) is 10.9 Å². The van der Waals surface area contributed by atoms with Crippen molar-refractivity contribution in [3.63, 3.8) is 0 Å². The van der Waals surface area contributed by atoms with Gasteiger partial charge >= 0.3 is 0 Å². The maximum atomic E-state index is 8.66. The van der Waals surface area contributed by atoms with E-state index in [9.17, 15) is 0 Å². The zero-order valence-electron chi connectivity index (χ0n) is 8.70. The standard InChI is InChI=1S/C12H9ClN2O/c1-16-10-2-3-11-9(7-10)6-8(4-5-14)12(13)15-11/h2-3,6-7H,4H2,1H3. The fraction of sp³-hybridized carbons (Fsp3) is 0.167. The molecule has 4 heteroatoms.